The highest BCUT2D eigenvalue weighted by molar-refractivity contribution is 5.99. The first kappa shape index (κ1) is 14.9. The van der Waals surface area contributed by atoms with E-state index in [1.54, 1.807) is 0 Å². The number of aromatic nitrogens is 1. The minimum Gasteiger partial charge on any atom is -0.489 e. The van der Waals surface area contributed by atoms with E-state index in [-0.39, 0.29) is 6.10 Å². The van der Waals surface area contributed by atoms with Gasteiger partial charge in [0.05, 0.1) is 18.8 Å². The van der Waals surface area contributed by atoms with Crippen LogP contribution in [0, 0.1) is 5.92 Å². The first-order valence-electron chi connectivity index (χ1n) is 8.00. The summed E-state index contributed by atoms with van der Waals surface area (Å²) in [5.41, 5.74) is 7.89. The van der Waals surface area contributed by atoms with Crippen molar-refractivity contribution in [2.75, 3.05) is 24.5 Å². The minimum atomic E-state index is 0.177. The SMILES string of the molecule is CC(C)Oc1ccc(N2CCC(C3=NCC(N)=C3)CC2)nc1. The van der Waals surface area contributed by atoms with Crippen molar-refractivity contribution in [2.24, 2.45) is 16.6 Å². The summed E-state index contributed by atoms with van der Waals surface area (Å²) in [6.45, 7) is 6.73. The highest BCUT2D eigenvalue weighted by Crippen LogP contribution is 2.25. The number of hydrogen-bond donors (Lipinski definition) is 1. The summed E-state index contributed by atoms with van der Waals surface area (Å²) in [4.78, 5) is 11.4. The van der Waals surface area contributed by atoms with E-state index in [9.17, 15) is 0 Å². The summed E-state index contributed by atoms with van der Waals surface area (Å²) in [7, 11) is 0. The third-order valence-corrected chi connectivity index (χ3v) is 4.11. The number of pyridine rings is 1. The molecule has 0 atom stereocenters. The topological polar surface area (TPSA) is 63.7 Å². The van der Waals surface area contributed by atoms with Crippen molar-refractivity contribution in [3.63, 3.8) is 0 Å². The van der Waals surface area contributed by atoms with E-state index in [0.29, 0.717) is 12.5 Å². The molecule has 2 aliphatic heterocycles. The van der Waals surface area contributed by atoms with Crippen molar-refractivity contribution >= 4 is 11.5 Å². The second-order valence-electron chi connectivity index (χ2n) is 6.24. The van der Waals surface area contributed by atoms with Crippen molar-refractivity contribution in [3.8, 4) is 5.75 Å². The Labute approximate surface area is 131 Å². The maximum Gasteiger partial charge on any atom is 0.138 e. The predicted octanol–water partition coefficient (Wildman–Crippen LogP) is 2.38. The first-order chi connectivity index (χ1) is 10.6. The number of allylic oxidation sites excluding steroid dienone is 1. The summed E-state index contributed by atoms with van der Waals surface area (Å²) in [5.74, 6) is 2.40. The maximum absolute atomic E-state index is 5.81. The Morgan fingerprint density at radius 1 is 1.27 bits per heavy atom. The molecule has 0 spiro atoms. The van der Waals surface area contributed by atoms with Crippen LogP contribution in [-0.4, -0.2) is 36.4 Å². The number of anilines is 1. The molecule has 0 amide bonds. The molecular formula is C17H24N4O. The fraction of sp³-hybridized carbons (Fsp3) is 0.529. The van der Waals surface area contributed by atoms with Crippen molar-refractivity contribution in [1.82, 2.24) is 4.98 Å². The van der Waals surface area contributed by atoms with E-state index in [4.69, 9.17) is 10.5 Å². The second kappa shape index (κ2) is 6.38. The fourth-order valence-corrected chi connectivity index (χ4v) is 3.02. The Morgan fingerprint density at radius 2 is 2.05 bits per heavy atom. The zero-order valence-electron chi connectivity index (χ0n) is 13.3. The lowest BCUT2D eigenvalue weighted by molar-refractivity contribution is 0.241. The molecule has 118 valence electrons. The Hall–Kier alpha value is -2.04. The standard InChI is InChI=1S/C17H24N4O/c1-12(2)22-15-3-4-17(20-11-15)21-7-5-13(6-8-21)16-9-14(18)10-19-16/h3-4,9,11-13H,5-8,10,18H2,1-2H3. The number of aliphatic imine (C=N–C) groups is 1. The van der Waals surface area contributed by atoms with Gasteiger partial charge in [0.15, 0.2) is 0 Å². The first-order valence-corrected chi connectivity index (χ1v) is 8.00. The Balaban J connectivity index is 1.57. The van der Waals surface area contributed by atoms with Crippen molar-refractivity contribution in [1.29, 1.82) is 0 Å². The average molecular weight is 300 g/mol. The van der Waals surface area contributed by atoms with E-state index in [1.807, 2.05) is 32.2 Å². The largest absolute Gasteiger partial charge is 0.489 e. The summed E-state index contributed by atoms with van der Waals surface area (Å²) in [6.07, 6.45) is 6.25. The summed E-state index contributed by atoms with van der Waals surface area (Å²) >= 11 is 0. The molecule has 22 heavy (non-hydrogen) atoms. The smallest absolute Gasteiger partial charge is 0.138 e. The molecule has 0 unspecified atom stereocenters. The molecule has 5 heteroatoms. The highest BCUT2D eigenvalue weighted by Gasteiger charge is 2.24. The van der Waals surface area contributed by atoms with E-state index in [2.05, 4.69) is 21.0 Å². The van der Waals surface area contributed by atoms with Gasteiger partial charge in [-0.3, -0.25) is 4.99 Å². The average Bonchev–Trinajstić information content (AvgIpc) is 2.94. The molecule has 1 fully saturated rings. The third-order valence-electron chi connectivity index (χ3n) is 4.11. The maximum atomic E-state index is 5.81. The number of piperidine rings is 1. The van der Waals surface area contributed by atoms with Crippen molar-refractivity contribution in [2.45, 2.75) is 32.8 Å². The molecule has 2 aliphatic rings. The van der Waals surface area contributed by atoms with E-state index in [0.717, 1.165) is 43.2 Å². The molecule has 1 aromatic heterocycles. The molecule has 3 rings (SSSR count). The summed E-state index contributed by atoms with van der Waals surface area (Å²) in [5, 5.41) is 0. The van der Waals surface area contributed by atoms with Gasteiger partial charge in [0.25, 0.3) is 0 Å². The fourth-order valence-electron chi connectivity index (χ4n) is 3.02. The number of rotatable bonds is 4. The molecule has 0 aromatic carbocycles. The third kappa shape index (κ3) is 3.40. The molecule has 1 saturated heterocycles. The minimum absolute atomic E-state index is 0.177. The van der Waals surface area contributed by atoms with Gasteiger partial charge in [0, 0.05) is 30.4 Å². The Bertz CT molecular complexity index is 569. The van der Waals surface area contributed by atoms with E-state index in [1.165, 1.54) is 5.71 Å². The molecule has 1 aromatic rings. The Kier molecular flexibility index (Phi) is 4.32. The number of ether oxygens (including phenoxy) is 1. The van der Waals surface area contributed by atoms with Gasteiger partial charge in [-0.25, -0.2) is 4.98 Å². The molecule has 3 heterocycles. The van der Waals surface area contributed by atoms with Crippen LogP contribution in [0.4, 0.5) is 5.82 Å². The lowest BCUT2D eigenvalue weighted by Gasteiger charge is -2.32. The second-order valence-corrected chi connectivity index (χ2v) is 6.24. The van der Waals surface area contributed by atoms with Crippen LogP contribution in [-0.2, 0) is 0 Å². The van der Waals surface area contributed by atoms with Crippen LogP contribution >= 0.6 is 0 Å². The van der Waals surface area contributed by atoms with Crippen LogP contribution in [0.25, 0.3) is 0 Å². The van der Waals surface area contributed by atoms with Gasteiger partial charge < -0.3 is 15.4 Å². The van der Waals surface area contributed by atoms with Crippen LogP contribution in [0.1, 0.15) is 26.7 Å². The highest BCUT2D eigenvalue weighted by atomic mass is 16.5. The van der Waals surface area contributed by atoms with Gasteiger partial charge in [0.1, 0.15) is 11.6 Å². The van der Waals surface area contributed by atoms with Crippen molar-refractivity contribution < 1.29 is 4.74 Å². The zero-order chi connectivity index (χ0) is 15.5. The molecule has 5 nitrogen and oxygen atoms in total. The summed E-state index contributed by atoms with van der Waals surface area (Å²) < 4.78 is 5.64. The molecule has 0 bridgehead atoms. The normalized spacial score (nSPS) is 19.3. The quantitative estimate of drug-likeness (QED) is 0.927. The monoisotopic (exact) mass is 300 g/mol. The molecular weight excluding hydrogens is 276 g/mol. The van der Waals surface area contributed by atoms with Gasteiger partial charge >= 0.3 is 0 Å². The van der Waals surface area contributed by atoms with Gasteiger partial charge in [-0.15, -0.1) is 0 Å². The molecule has 0 radical (unpaired) electrons. The van der Waals surface area contributed by atoms with Crippen LogP contribution in [0.15, 0.2) is 35.1 Å². The van der Waals surface area contributed by atoms with Gasteiger partial charge in [-0.1, -0.05) is 0 Å². The number of nitrogens with zero attached hydrogens (tertiary/aromatic N) is 3. The van der Waals surface area contributed by atoms with Crippen LogP contribution in [0.2, 0.25) is 0 Å². The Morgan fingerprint density at radius 3 is 2.59 bits per heavy atom. The van der Waals surface area contributed by atoms with E-state index >= 15 is 0 Å². The molecule has 0 saturated carbocycles. The van der Waals surface area contributed by atoms with Gasteiger partial charge in [0.2, 0.25) is 0 Å². The molecule has 0 aliphatic carbocycles. The predicted molar refractivity (Wildman–Crippen MR) is 89.5 cm³/mol. The van der Waals surface area contributed by atoms with Crippen LogP contribution < -0.4 is 15.4 Å². The lowest BCUT2D eigenvalue weighted by Crippen LogP contribution is -2.36. The van der Waals surface area contributed by atoms with Gasteiger partial charge in [-0.05, 0) is 44.9 Å². The van der Waals surface area contributed by atoms with Crippen LogP contribution in [0.3, 0.4) is 0 Å². The molecule has 2 N–H and O–H groups in total. The van der Waals surface area contributed by atoms with E-state index < -0.39 is 0 Å². The number of hydrogen-bond acceptors (Lipinski definition) is 5. The van der Waals surface area contributed by atoms with Crippen LogP contribution in [0.5, 0.6) is 5.75 Å². The van der Waals surface area contributed by atoms with Gasteiger partial charge in [-0.2, -0.15) is 0 Å². The van der Waals surface area contributed by atoms with Crippen molar-refractivity contribution in [3.05, 3.63) is 30.1 Å². The number of nitrogens with two attached hydrogens (primary N) is 1. The zero-order valence-corrected chi connectivity index (χ0v) is 13.3. The summed E-state index contributed by atoms with van der Waals surface area (Å²) in [6, 6.07) is 4.04. The lowest BCUT2D eigenvalue weighted by atomic mass is 9.92.